The van der Waals surface area contributed by atoms with Crippen molar-refractivity contribution in [2.45, 2.75) is 18.2 Å². The van der Waals surface area contributed by atoms with E-state index in [0.717, 1.165) is 25.2 Å². The van der Waals surface area contributed by atoms with Crippen LogP contribution in [0.25, 0.3) is 0 Å². The van der Waals surface area contributed by atoms with Crippen LogP contribution in [0.2, 0.25) is 10.0 Å². The third-order valence-electron chi connectivity index (χ3n) is 5.49. The summed E-state index contributed by atoms with van der Waals surface area (Å²) in [7, 11) is -4.01. The van der Waals surface area contributed by atoms with E-state index in [0.29, 0.717) is 19.5 Å². The number of carbonyl (C=O) groups is 1. The van der Waals surface area contributed by atoms with Crippen LogP contribution in [0, 0.1) is 0 Å². The predicted molar refractivity (Wildman–Crippen MR) is 124 cm³/mol. The minimum absolute atomic E-state index is 0.0816. The molecule has 0 radical (unpaired) electrons. The van der Waals surface area contributed by atoms with Crippen molar-refractivity contribution in [3.63, 3.8) is 0 Å². The van der Waals surface area contributed by atoms with Gasteiger partial charge in [0, 0.05) is 37.7 Å². The molecule has 31 heavy (non-hydrogen) atoms. The smallest absolute Gasteiger partial charge is 0.245 e. The third-order valence-corrected chi connectivity index (χ3v) is 8.05. The van der Waals surface area contributed by atoms with Gasteiger partial charge in [-0.3, -0.25) is 4.79 Å². The Balaban J connectivity index is 1.82. The minimum atomic E-state index is -4.01. The van der Waals surface area contributed by atoms with Crippen LogP contribution < -0.4 is 0 Å². The van der Waals surface area contributed by atoms with Crippen LogP contribution in [-0.2, 0) is 21.2 Å². The highest BCUT2D eigenvalue weighted by Gasteiger charge is 2.31. The number of amides is 1. The number of halogens is 2. The predicted octanol–water partition coefficient (Wildman–Crippen LogP) is 3.39. The Labute approximate surface area is 194 Å². The quantitative estimate of drug-likeness (QED) is 0.577. The number of benzene rings is 2. The van der Waals surface area contributed by atoms with Crippen molar-refractivity contribution in [2.24, 2.45) is 0 Å². The van der Waals surface area contributed by atoms with Crippen LogP contribution in [0.1, 0.15) is 12.5 Å². The molecule has 1 aliphatic rings. The van der Waals surface area contributed by atoms with E-state index in [2.05, 4.69) is 11.8 Å². The standard InChI is InChI=1S/C22H27Cl2N3O3S/c1-2-25-12-14-26(15-13-25)22(28)17-27(11-10-18-6-4-3-5-7-18)31(29,30)21-16-19(23)8-9-20(21)24/h3-9,16H,2,10-15,17H2,1H3. The number of sulfonamides is 1. The summed E-state index contributed by atoms with van der Waals surface area (Å²) in [5, 5.41) is 0.353. The number of hydrogen-bond donors (Lipinski definition) is 0. The lowest BCUT2D eigenvalue weighted by molar-refractivity contribution is -0.133. The van der Waals surface area contributed by atoms with E-state index >= 15 is 0 Å². The molecule has 2 aromatic rings. The summed E-state index contributed by atoms with van der Waals surface area (Å²) < 4.78 is 28.1. The van der Waals surface area contributed by atoms with Crippen molar-refractivity contribution < 1.29 is 13.2 Å². The van der Waals surface area contributed by atoms with Crippen LogP contribution in [0.3, 0.4) is 0 Å². The van der Waals surface area contributed by atoms with Gasteiger partial charge < -0.3 is 9.80 Å². The summed E-state index contributed by atoms with van der Waals surface area (Å²) in [6, 6.07) is 13.9. The van der Waals surface area contributed by atoms with E-state index in [1.54, 1.807) is 4.90 Å². The first-order valence-corrected chi connectivity index (χ1v) is 12.5. The van der Waals surface area contributed by atoms with Gasteiger partial charge in [0.1, 0.15) is 4.90 Å². The average Bonchev–Trinajstić information content (AvgIpc) is 2.78. The minimum Gasteiger partial charge on any atom is -0.339 e. The largest absolute Gasteiger partial charge is 0.339 e. The molecule has 9 heteroatoms. The van der Waals surface area contributed by atoms with Gasteiger partial charge in [0.05, 0.1) is 11.6 Å². The average molecular weight is 484 g/mol. The van der Waals surface area contributed by atoms with Crippen molar-refractivity contribution in [1.29, 1.82) is 0 Å². The Morgan fingerprint density at radius 3 is 2.35 bits per heavy atom. The second-order valence-electron chi connectivity index (χ2n) is 7.46. The highest BCUT2D eigenvalue weighted by Crippen LogP contribution is 2.28. The molecule has 0 aliphatic carbocycles. The van der Waals surface area contributed by atoms with Crippen LogP contribution in [0.4, 0.5) is 0 Å². The SMILES string of the molecule is CCN1CCN(C(=O)CN(CCc2ccccc2)S(=O)(=O)c2cc(Cl)ccc2Cl)CC1. The number of piperazine rings is 1. The van der Waals surface area contributed by atoms with Crippen LogP contribution in [0.5, 0.6) is 0 Å². The van der Waals surface area contributed by atoms with Crippen molar-refractivity contribution >= 4 is 39.1 Å². The van der Waals surface area contributed by atoms with Gasteiger partial charge in [0.25, 0.3) is 0 Å². The summed E-state index contributed by atoms with van der Waals surface area (Å²) in [5.74, 6) is -0.203. The number of likely N-dealkylation sites (N-methyl/N-ethyl adjacent to an activating group) is 1. The molecule has 0 spiro atoms. The normalized spacial score (nSPS) is 15.4. The van der Waals surface area contributed by atoms with Gasteiger partial charge in [-0.25, -0.2) is 8.42 Å². The fourth-order valence-electron chi connectivity index (χ4n) is 3.56. The lowest BCUT2D eigenvalue weighted by Gasteiger charge is -2.35. The van der Waals surface area contributed by atoms with Crippen molar-refractivity contribution in [3.05, 3.63) is 64.1 Å². The summed E-state index contributed by atoms with van der Waals surface area (Å²) in [4.78, 5) is 16.9. The maximum absolute atomic E-state index is 13.4. The third kappa shape index (κ3) is 6.20. The lowest BCUT2D eigenvalue weighted by atomic mass is 10.1. The number of rotatable bonds is 8. The zero-order chi connectivity index (χ0) is 22.4. The van der Waals surface area contributed by atoms with Crippen molar-refractivity contribution in [2.75, 3.05) is 45.8 Å². The van der Waals surface area contributed by atoms with Crippen molar-refractivity contribution in [1.82, 2.24) is 14.1 Å². The molecule has 6 nitrogen and oxygen atoms in total. The van der Waals surface area contributed by atoms with Crippen LogP contribution >= 0.6 is 23.2 Å². The van der Waals surface area contributed by atoms with Gasteiger partial charge in [0.2, 0.25) is 15.9 Å². The molecule has 0 atom stereocenters. The highest BCUT2D eigenvalue weighted by molar-refractivity contribution is 7.89. The van der Waals surface area contributed by atoms with E-state index in [-0.39, 0.29) is 33.9 Å². The van der Waals surface area contributed by atoms with E-state index in [9.17, 15) is 13.2 Å². The van der Waals surface area contributed by atoms with Gasteiger partial charge in [-0.2, -0.15) is 4.31 Å². The Kier molecular flexibility index (Phi) is 8.36. The summed E-state index contributed by atoms with van der Waals surface area (Å²) in [6.07, 6.45) is 0.481. The topological polar surface area (TPSA) is 60.9 Å². The second kappa shape index (κ2) is 10.8. The molecule has 0 saturated carbocycles. The molecular formula is C22H27Cl2N3O3S. The van der Waals surface area contributed by atoms with Crippen molar-refractivity contribution in [3.8, 4) is 0 Å². The monoisotopic (exact) mass is 483 g/mol. The molecule has 0 unspecified atom stereocenters. The fraction of sp³-hybridized carbons (Fsp3) is 0.409. The first-order chi connectivity index (χ1) is 14.8. The van der Waals surface area contributed by atoms with Gasteiger partial charge in [-0.1, -0.05) is 60.5 Å². The highest BCUT2D eigenvalue weighted by atomic mass is 35.5. The van der Waals surface area contributed by atoms with E-state index in [1.807, 2.05) is 30.3 Å². The molecular weight excluding hydrogens is 457 g/mol. The van der Waals surface area contributed by atoms with E-state index in [4.69, 9.17) is 23.2 Å². The number of nitrogens with zero attached hydrogens (tertiary/aromatic N) is 3. The number of carbonyl (C=O) groups excluding carboxylic acids is 1. The molecule has 0 N–H and O–H groups in total. The molecule has 1 fully saturated rings. The Bertz CT molecular complexity index is 994. The first kappa shape index (κ1) is 24.0. The fourth-order valence-corrected chi connectivity index (χ4v) is 5.69. The summed E-state index contributed by atoms with van der Waals surface area (Å²) >= 11 is 12.2. The zero-order valence-electron chi connectivity index (χ0n) is 17.5. The first-order valence-electron chi connectivity index (χ1n) is 10.3. The molecule has 1 heterocycles. The molecule has 0 aromatic heterocycles. The molecule has 3 rings (SSSR count). The Hall–Kier alpha value is -1.64. The lowest BCUT2D eigenvalue weighted by Crippen LogP contribution is -2.51. The van der Waals surface area contributed by atoms with Crippen LogP contribution in [-0.4, -0.2) is 74.2 Å². The maximum atomic E-state index is 13.4. The molecule has 1 amide bonds. The second-order valence-corrected chi connectivity index (χ2v) is 10.2. The van der Waals surface area contributed by atoms with E-state index in [1.165, 1.54) is 22.5 Å². The molecule has 168 valence electrons. The van der Waals surface area contributed by atoms with Gasteiger partial charge >= 0.3 is 0 Å². The van der Waals surface area contributed by atoms with Gasteiger partial charge in [0.15, 0.2) is 0 Å². The molecule has 1 aliphatic heterocycles. The molecule has 2 aromatic carbocycles. The Morgan fingerprint density at radius 1 is 1.03 bits per heavy atom. The van der Waals surface area contributed by atoms with Gasteiger partial charge in [-0.15, -0.1) is 0 Å². The molecule has 1 saturated heterocycles. The summed E-state index contributed by atoms with van der Waals surface area (Å²) in [5.41, 5.74) is 0.990. The Morgan fingerprint density at radius 2 is 1.71 bits per heavy atom. The van der Waals surface area contributed by atoms with Crippen LogP contribution in [0.15, 0.2) is 53.4 Å². The summed E-state index contributed by atoms with van der Waals surface area (Å²) in [6.45, 7) is 5.73. The zero-order valence-corrected chi connectivity index (χ0v) is 19.8. The van der Waals surface area contributed by atoms with E-state index < -0.39 is 10.0 Å². The van der Waals surface area contributed by atoms with Gasteiger partial charge in [-0.05, 0) is 36.7 Å². The molecule has 0 bridgehead atoms. The maximum Gasteiger partial charge on any atom is 0.245 e. The number of hydrogen-bond acceptors (Lipinski definition) is 4.